The van der Waals surface area contributed by atoms with Gasteiger partial charge in [-0.05, 0) is 61.4 Å². The zero-order valence-corrected chi connectivity index (χ0v) is 14.9. The first-order valence-electron chi connectivity index (χ1n) is 8.45. The lowest BCUT2D eigenvalue weighted by Gasteiger charge is -2.25. The number of aryl methyl sites for hydroxylation is 2. The lowest BCUT2D eigenvalue weighted by molar-refractivity contribution is 0.0733. The molecule has 1 atom stereocenters. The first-order valence-corrected chi connectivity index (χ1v) is 9.24. The Morgan fingerprint density at radius 1 is 1.17 bits per heavy atom. The van der Waals surface area contributed by atoms with Gasteiger partial charge >= 0.3 is 0 Å². The number of fused-ring (bicyclic) bond motifs is 1. The van der Waals surface area contributed by atoms with Gasteiger partial charge < -0.3 is 9.88 Å². The molecule has 124 valence electrons. The molecule has 2 heterocycles. The maximum Gasteiger partial charge on any atom is 0.261 e. The minimum Gasteiger partial charge on any atom is -0.331 e. The van der Waals surface area contributed by atoms with Crippen LogP contribution in [0.4, 0.5) is 0 Å². The Morgan fingerprint density at radius 2 is 1.96 bits per heavy atom. The summed E-state index contributed by atoms with van der Waals surface area (Å²) in [5, 5.41) is 0. The van der Waals surface area contributed by atoms with Crippen molar-refractivity contribution < 1.29 is 4.79 Å². The van der Waals surface area contributed by atoms with E-state index in [1.54, 1.807) is 0 Å². The van der Waals surface area contributed by atoms with Crippen molar-refractivity contribution in [1.82, 2.24) is 9.88 Å². The smallest absolute Gasteiger partial charge is 0.261 e. The van der Waals surface area contributed by atoms with Crippen LogP contribution in [0.15, 0.2) is 39.6 Å². The highest BCUT2D eigenvalue weighted by Gasteiger charge is 2.32. The summed E-state index contributed by atoms with van der Waals surface area (Å²) in [4.78, 5) is 30.1. The van der Waals surface area contributed by atoms with Crippen LogP contribution in [0.2, 0.25) is 0 Å². The second kappa shape index (κ2) is 6.20. The zero-order valence-electron chi connectivity index (χ0n) is 13.3. The van der Waals surface area contributed by atoms with Crippen LogP contribution in [-0.2, 0) is 12.8 Å². The standard InChI is InChI=1S/C19H19BrN2O2/c20-14-8-6-12(7-9-14)17-5-2-10-22(17)19(24)15-11-13-3-1-4-16(13)21-18(15)23/h6-9,11,17H,1-5,10H2,(H,21,23). The highest BCUT2D eigenvalue weighted by molar-refractivity contribution is 9.10. The summed E-state index contributed by atoms with van der Waals surface area (Å²) < 4.78 is 1.03. The van der Waals surface area contributed by atoms with Crippen LogP contribution in [0.25, 0.3) is 0 Å². The number of halogens is 1. The van der Waals surface area contributed by atoms with E-state index in [9.17, 15) is 9.59 Å². The van der Waals surface area contributed by atoms with Gasteiger partial charge in [0.25, 0.3) is 11.5 Å². The Kier molecular flexibility index (Phi) is 4.04. The number of hydrogen-bond donors (Lipinski definition) is 1. The Labute approximate surface area is 149 Å². The molecule has 1 unspecified atom stereocenters. The topological polar surface area (TPSA) is 53.2 Å². The number of aromatic amines is 1. The first-order chi connectivity index (χ1) is 11.6. The minimum atomic E-state index is -0.248. The van der Waals surface area contributed by atoms with Gasteiger partial charge in [-0.2, -0.15) is 0 Å². The molecular weight excluding hydrogens is 368 g/mol. The Hall–Kier alpha value is -1.88. The first kappa shape index (κ1) is 15.6. The summed E-state index contributed by atoms with van der Waals surface area (Å²) >= 11 is 3.45. The van der Waals surface area contributed by atoms with Crippen molar-refractivity contribution in [1.29, 1.82) is 0 Å². The zero-order chi connectivity index (χ0) is 16.7. The number of carbonyl (C=O) groups excluding carboxylic acids is 1. The molecular formula is C19H19BrN2O2. The molecule has 0 saturated carbocycles. The highest BCUT2D eigenvalue weighted by Crippen LogP contribution is 2.33. The SMILES string of the molecule is O=C(c1cc2c([nH]c1=O)CCC2)N1CCCC1c1ccc(Br)cc1. The van der Waals surface area contributed by atoms with E-state index < -0.39 is 0 Å². The Bertz CT molecular complexity index is 841. The van der Waals surface area contributed by atoms with Gasteiger partial charge in [-0.25, -0.2) is 0 Å². The highest BCUT2D eigenvalue weighted by atomic mass is 79.9. The van der Waals surface area contributed by atoms with Gasteiger partial charge in [0.15, 0.2) is 0 Å². The van der Waals surface area contributed by atoms with Crippen molar-refractivity contribution >= 4 is 21.8 Å². The van der Waals surface area contributed by atoms with Crippen LogP contribution in [0.5, 0.6) is 0 Å². The normalized spacial score (nSPS) is 19.5. The number of likely N-dealkylation sites (tertiary alicyclic amines) is 1. The number of H-pyrrole nitrogens is 1. The molecule has 24 heavy (non-hydrogen) atoms. The number of nitrogens with one attached hydrogen (secondary N) is 1. The summed E-state index contributed by atoms with van der Waals surface area (Å²) in [6, 6.07) is 9.97. The fraction of sp³-hybridized carbons (Fsp3) is 0.368. The van der Waals surface area contributed by atoms with Crippen LogP contribution in [0.1, 0.15) is 52.5 Å². The van der Waals surface area contributed by atoms with Crippen molar-refractivity contribution in [3.8, 4) is 0 Å². The Morgan fingerprint density at radius 3 is 2.75 bits per heavy atom. The Balaban J connectivity index is 1.66. The van der Waals surface area contributed by atoms with Crippen molar-refractivity contribution in [3.63, 3.8) is 0 Å². The van der Waals surface area contributed by atoms with E-state index >= 15 is 0 Å². The monoisotopic (exact) mass is 386 g/mol. The molecule has 1 aliphatic carbocycles. The van der Waals surface area contributed by atoms with Crippen molar-refractivity contribution in [3.05, 3.63) is 67.5 Å². The maximum atomic E-state index is 13.0. The lowest BCUT2D eigenvalue weighted by atomic mass is 10.0. The molecule has 0 bridgehead atoms. The summed E-state index contributed by atoms with van der Waals surface area (Å²) in [7, 11) is 0. The molecule has 2 aromatic rings. The van der Waals surface area contributed by atoms with Gasteiger partial charge in [-0.3, -0.25) is 9.59 Å². The van der Waals surface area contributed by atoms with E-state index in [2.05, 4.69) is 20.9 Å². The number of nitrogens with zero attached hydrogens (tertiary/aromatic N) is 1. The van der Waals surface area contributed by atoms with E-state index in [0.717, 1.165) is 53.4 Å². The molecule has 1 aromatic heterocycles. The van der Waals surface area contributed by atoms with Crippen LogP contribution < -0.4 is 5.56 Å². The molecule has 1 N–H and O–H groups in total. The van der Waals surface area contributed by atoms with E-state index in [0.29, 0.717) is 12.1 Å². The van der Waals surface area contributed by atoms with E-state index in [-0.39, 0.29) is 17.5 Å². The molecule has 5 heteroatoms. The second-order valence-electron chi connectivity index (χ2n) is 6.58. The van der Waals surface area contributed by atoms with Crippen LogP contribution >= 0.6 is 15.9 Å². The van der Waals surface area contributed by atoms with Crippen LogP contribution in [0, 0.1) is 0 Å². The number of benzene rings is 1. The average Bonchev–Trinajstić information content (AvgIpc) is 3.22. The molecule has 1 aliphatic heterocycles. The summed E-state index contributed by atoms with van der Waals surface area (Å²) in [6.07, 6.45) is 4.81. The molecule has 1 amide bonds. The molecule has 0 radical (unpaired) electrons. The lowest BCUT2D eigenvalue weighted by Crippen LogP contribution is -2.34. The molecule has 1 aromatic carbocycles. The van der Waals surface area contributed by atoms with Gasteiger partial charge in [0.2, 0.25) is 0 Å². The number of amides is 1. The molecule has 4 nitrogen and oxygen atoms in total. The summed E-state index contributed by atoms with van der Waals surface area (Å²) in [5.41, 5.74) is 3.29. The molecule has 4 rings (SSSR count). The third-order valence-corrected chi connectivity index (χ3v) is 5.62. The van der Waals surface area contributed by atoms with Crippen LogP contribution in [0.3, 0.4) is 0 Å². The van der Waals surface area contributed by atoms with E-state index in [4.69, 9.17) is 0 Å². The fourth-order valence-electron chi connectivity index (χ4n) is 3.87. The number of hydrogen-bond acceptors (Lipinski definition) is 2. The number of rotatable bonds is 2. The molecule has 1 saturated heterocycles. The van der Waals surface area contributed by atoms with Gasteiger partial charge in [-0.15, -0.1) is 0 Å². The molecule has 1 fully saturated rings. The molecule has 0 spiro atoms. The number of aromatic nitrogens is 1. The predicted molar refractivity (Wildman–Crippen MR) is 96.2 cm³/mol. The van der Waals surface area contributed by atoms with Gasteiger partial charge in [-0.1, -0.05) is 28.1 Å². The number of pyridine rings is 1. The summed E-state index contributed by atoms with van der Waals surface area (Å²) in [5.74, 6) is -0.142. The summed E-state index contributed by atoms with van der Waals surface area (Å²) in [6.45, 7) is 0.704. The minimum absolute atomic E-state index is 0.0539. The second-order valence-corrected chi connectivity index (χ2v) is 7.49. The van der Waals surface area contributed by atoms with Gasteiger partial charge in [0.05, 0.1) is 6.04 Å². The van der Waals surface area contributed by atoms with E-state index in [1.807, 2.05) is 35.2 Å². The van der Waals surface area contributed by atoms with Gasteiger partial charge in [0, 0.05) is 16.7 Å². The van der Waals surface area contributed by atoms with Gasteiger partial charge in [0.1, 0.15) is 5.56 Å². The third-order valence-electron chi connectivity index (χ3n) is 5.09. The van der Waals surface area contributed by atoms with Crippen molar-refractivity contribution in [2.45, 2.75) is 38.1 Å². The number of carbonyl (C=O) groups is 1. The maximum absolute atomic E-state index is 13.0. The largest absolute Gasteiger partial charge is 0.331 e. The molecule has 2 aliphatic rings. The quantitative estimate of drug-likeness (QED) is 0.856. The predicted octanol–water partition coefficient (Wildman–Crippen LogP) is 3.60. The fourth-order valence-corrected chi connectivity index (χ4v) is 4.13. The van der Waals surface area contributed by atoms with Crippen molar-refractivity contribution in [2.24, 2.45) is 0 Å². The third kappa shape index (κ3) is 2.71. The van der Waals surface area contributed by atoms with E-state index in [1.165, 1.54) is 0 Å². The van der Waals surface area contributed by atoms with Crippen LogP contribution in [-0.4, -0.2) is 22.3 Å². The average molecular weight is 387 g/mol. The van der Waals surface area contributed by atoms with Crippen molar-refractivity contribution in [2.75, 3.05) is 6.54 Å².